The van der Waals surface area contributed by atoms with Crippen LogP contribution in [0.1, 0.15) is 18.4 Å². The molecule has 0 spiro atoms. The van der Waals surface area contributed by atoms with Gasteiger partial charge < -0.3 is 20.9 Å². The summed E-state index contributed by atoms with van der Waals surface area (Å²) in [4.78, 5) is 11.7. The Labute approximate surface area is 107 Å². The Bertz CT molecular complexity index is 407. The van der Waals surface area contributed by atoms with Gasteiger partial charge in [0.25, 0.3) is 0 Å². The number of hydrogen-bond donors (Lipinski definition) is 3. The van der Waals surface area contributed by atoms with Crippen molar-refractivity contribution in [2.45, 2.75) is 25.8 Å². The highest BCUT2D eigenvalue weighted by molar-refractivity contribution is 5.94. The number of carbonyl (C=O) groups excluding carboxylic acids is 1. The molecule has 0 aliphatic rings. The molecule has 0 heterocycles. The van der Waals surface area contributed by atoms with E-state index in [4.69, 9.17) is 10.5 Å². The summed E-state index contributed by atoms with van der Waals surface area (Å²) >= 11 is 0. The van der Waals surface area contributed by atoms with Crippen molar-refractivity contribution in [3.63, 3.8) is 0 Å². The molecule has 0 aromatic heterocycles. The molecule has 1 amide bonds. The third-order valence-electron chi connectivity index (χ3n) is 2.68. The van der Waals surface area contributed by atoms with Crippen LogP contribution in [0.5, 0.6) is 5.75 Å². The Balaban J connectivity index is 2.50. The van der Waals surface area contributed by atoms with E-state index in [2.05, 4.69) is 5.32 Å². The SMILES string of the molecule is COCCCC(N)C(=O)Nc1ccc(C)c(O)c1. The molecule has 0 fully saturated rings. The number of nitrogens with two attached hydrogens (primary N) is 1. The molecule has 1 rings (SSSR count). The fourth-order valence-corrected chi connectivity index (χ4v) is 1.50. The van der Waals surface area contributed by atoms with Crippen LogP contribution < -0.4 is 11.1 Å². The smallest absolute Gasteiger partial charge is 0.241 e. The summed E-state index contributed by atoms with van der Waals surface area (Å²) < 4.78 is 4.90. The predicted octanol–water partition coefficient (Wildman–Crippen LogP) is 1.39. The Morgan fingerprint density at radius 3 is 2.89 bits per heavy atom. The zero-order valence-corrected chi connectivity index (χ0v) is 10.8. The van der Waals surface area contributed by atoms with Crippen LogP contribution in [0.3, 0.4) is 0 Å². The fraction of sp³-hybridized carbons (Fsp3) is 0.462. The van der Waals surface area contributed by atoms with E-state index in [1.165, 1.54) is 6.07 Å². The molecule has 1 unspecified atom stereocenters. The summed E-state index contributed by atoms with van der Waals surface area (Å²) in [6.45, 7) is 2.38. The minimum atomic E-state index is -0.566. The van der Waals surface area contributed by atoms with Gasteiger partial charge in [-0.2, -0.15) is 0 Å². The first-order valence-corrected chi connectivity index (χ1v) is 5.89. The maximum absolute atomic E-state index is 11.7. The Morgan fingerprint density at radius 2 is 2.28 bits per heavy atom. The summed E-state index contributed by atoms with van der Waals surface area (Å²) in [5.74, 6) is -0.102. The van der Waals surface area contributed by atoms with Crippen LogP contribution in [-0.4, -0.2) is 30.8 Å². The molecule has 0 aliphatic carbocycles. The first-order valence-electron chi connectivity index (χ1n) is 5.89. The lowest BCUT2D eigenvalue weighted by Gasteiger charge is -2.12. The molecule has 100 valence electrons. The van der Waals surface area contributed by atoms with E-state index in [-0.39, 0.29) is 11.7 Å². The lowest BCUT2D eigenvalue weighted by atomic mass is 10.1. The summed E-state index contributed by atoms with van der Waals surface area (Å²) in [6, 6.07) is 4.41. The monoisotopic (exact) mass is 252 g/mol. The van der Waals surface area contributed by atoms with Crippen LogP contribution in [0.4, 0.5) is 5.69 Å². The van der Waals surface area contributed by atoms with E-state index in [0.717, 1.165) is 12.0 Å². The average molecular weight is 252 g/mol. The summed E-state index contributed by atoms with van der Waals surface area (Å²) in [5, 5.41) is 12.2. The highest BCUT2D eigenvalue weighted by Crippen LogP contribution is 2.20. The van der Waals surface area contributed by atoms with Crippen molar-refractivity contribution in [1.82, 2.24) is 0 Å². The molecule has 1 aromatic rings. The summed E-state index contributed by atoms with van der Waals surface area (Å²) in [7, 11) is 1.61. The second-order valence-electron chi connectivity index (χ2n) is 4.23. The number of aryl methyl sites for hydroxylation is 1. The van der Waals surface area contributed by atoms with Crippen LogP contribution in [0.25, 0.3) is 0 Å². The minimum absolute atomic E-state index is 0.153. The molecule has 0 radical (unpaired) electrons. The maximum atomic E-state index is 11.7. The number of ether oxygens (including phenoxy) is 1. The van der Waals surface area contributed by atoms with Crippen molar-refractivity contribution >= 4 is 11.6 Å². The van der Waals surface area contributed by atoms with Crippen molar-refractivity contribution in [3.8, 4) is 5.75 Å². The number of hydrogen-bond acceptors (Lipinski definition) is 4. The number of anilines is 1. The van der Waals surface area contributed by atoms with Gasteiger partial charge in [-0.3, -0.25) is 4.79 Å². The van der Waals surface area contributed by atoms with Crippen LogP contribution in [0.15, 0.2) is 18.2 Å². The van der Waals surface area contributed by atoms with E-state index < -0.39 is 6.04 Å². The largest absolute Gasteiger partial charge is 0.508 e. The average Bonchev–Trinajstić information content (AvgIpc) is 2.34. The zero-order chi connectivity index (χ0) is 13.5. The highest BCUT2D eigenvalue weighted by atomic mass is 16.5. The Kier molecular flexibility index (Phi) is 5.61. The van der Waals surface area contributed by atoms with Crippen molar-refractivity contribution in [1.29, 1.82) is 0 Å². The van der Waals surface area contributed by atoms with Crippen molar-refractivity contribution in [3.05, 3.63) is 23.8 Å². The molecular formula is C13H20N2O3. The number of phenols is 1. The number of benzene rings is 1. The lowest BCUT2D eigenvalue weighted by molar-refractivity contribution is -0.117. The first kappa shape index (κ1) is 14.5. The molecule has 0 saturated heterocycles. The lowest BCUT2D eigenvalue weighted by Crippen LogP contribution is -2.35. The van der Waals surface area contributed by atoms with E-state index in [9.17, 15) is 9.90 Å². The van der Waals surface area contributed by atoms with Gasteiger partial charge >= 0.3 is 0 Å². The maximum Gasteiger partial charge on any atom is 0.241 e. The van der Waals surface area contributed by atoms with E-state index >= 15 is 0 Å². The molecule has 0 saturated carbocycles. The van der Waals surface area contributed by atoms with Gasteiger partial charge in [0.1, 0.15) is 5.75 Å². The van der Waals surface area contributed by atoms with Crippen LogP contribution in [0.2, 0.25) is 0 Å². The third-order valence-corrected chi connectivity index (χ3v) is 2.68. The molecule has 18 heavy (non-hydrogen) atoms. The van der Waals surface area contributed by atoms with E-state index in [1.54, 1.807) is 26.2 Å². The highest BCUT2D eigenvalue weighted by Gasteiger charge is 2.13. The van der Waals surface area contributed by atoms with Crippen LogP contribution in [-0.2, 0) is 9.53 Å². The molecule has 1 aromatic carbocycles. The van der Waals surface area contributed by atoms with Gasteiger partial charge in [0.15, 0.2) is 0 Å². The van der Waals surface area contributed by atoms with Gasteiger partial charge in [-0.1, -0.05) is 6.07 Å². The van der Waals surface area contributed by atoms with Gasteiger partial charge in [0, 0.05) is 25.5 Å². The Hall–Kier alpha value is -1.59. The molecule has 4 N–H and O–H groups in total. The first-order chi connectivity index (χ1) is 8.54. The quantitative estimate of drug-likeness (QED) is 0.668. The Morgan fingerprint density at radius 1 is 1.56 bits per heavy atom. The molecule has 5 nitrogen and oxygen atoms in total. The molecular weight excluding hydrogens is 232 g/mol. The van der Waals surface area contributed by atoms with Crippen LogP contribution in [0, 0.1) is 6.92 Å². The number of rotatable bonds is 6. The molecule has 0 aliphatic heterocycles. The number of phenolic OH excluding ortho intramolecular Hbond substituents is 1. The van der Waals surface area contributed by atoms with Gasteiger partial charge in [-0.05, 0) is 31.4 Å². The normalized spacial score (nSPS) is 12.2. The number of methoxy groups -OCH3 is 1. The summed E-state index contributed by atoms with van der Waals surface area (Å²) in [5.41, 5.74) is 7.05. The standard InChI is InChI=1S/C13H20N2O3/c1-9-5-6-10(8-12(9)16)15-13(17)11(14)4-3-7-18-2/h5-6,8,11,16H,3-4,7,14H2,1-2H3,(H,15,17). The molecule has 0 bridgehead atoms. The van der Waals surface area contributed by atoms with Crippen molar-refractivity contribution < 1.29 is 14.6 Å². The topological polar surface area (TPSA) is 84.6 Å². The molecule has 5 heteroatoms. The number of aromatic hydroxyl groups is 1. The number of amides is 1. The third kappa shape index (κ3) is 4.35. The van der Waals surface area contributed by atoms with Gasteiger partial charge in [0.05, 0.1) is 6.04 Å². The summed E-state index contributed by atoms with van der Waals surface area (Å²) in [6.07, 6.45) is 1.31. The van der Waals surface area contributed by atoms with E-state index in [0.29, 0.717) is 18.7 Å². The second-order valence-corrected chi connectivity index (χ2v) is 4.23. The minimum Gasteiger partial charge on any atom is -0.508 e. The fourth-order valence-electron chi connectivity index (χ4n) is 1.50. The van der Waals surface area contributed by atoms with Gasteiger partial charge in [-0.25, -0.2) is 0 Å². The van der Waals surface area contributed by atoms with Gasteiger partial charge in [0.2, 0.25) is 5.91 Å². The van der Waals surface area contributed by atoms with Crippen molar-refractivity contribution in [2.75, 3.05) is 19.0 Å². The predicted molar refractivity (Wildman–Crippen MR) is 70.6 cm³/mol. The van der Waals surface area contributed by atoms with Gasteiger partial charge in [-0.15, -0.1) is 0 Å². The van der Waals surface area contributed by atoms with Crippen molar-refractivity contribution in [2.24, 2.45) is 5.73 Å². The second kappa shape index (κ2) is 6.98. The number of carbonyl (C=O) groups is 1. The molecule has 1 atom stereocenters. The van der Waals surface area contributed by atoms with Crippen LogP contribution >= 0.6 is 0 Å². The number of nitrogens with one attached hydrogen (secondary N) is 1. The zero-order valence-electron chi connectivity index (χ0n) is 10.8. The van der Waals surface area contributed by atoms with E-state index in [1.807, 2.05) is 0 Å².